The number of imidazole rings is 1. The molecule has 2 heterocycles. The lowest BCUT2D eigenvalue weighted by Crippen LogP contribution is -2.22. The number of aliphatic hydroxyl groups excluding tert-OH is 1. The van der Waals surface area contributed by atoms with Crippen LogP contribution in [0, 0.1) is 18.3 Å². The molecule has 3 aliphatic rings. The molecule has 4 nitrogen and oxygen atoms in total. The van der Waals surface area contributed by atoms with Crippen molar-refractivity contribution in [1.82, 2.24) is 9.55 Å². The third kappa shape index (κ3) is 2.28. The summed E-state index contributed by atoms with van der Waals surface area (Å²) in [5, 5.41) is 11.9. The molecular weight excluding hydrogens is 370 g/mol. The number of hydrogen-bond donors (Lipinski definition) is 1. The Labute approximate surface area is 169 Å². The van der Waals surface area contributed by atoms with Crippen LogP contribution in [-0.4, -0.2) is 20.4 Å². The molecule has 0 amide bonds. The van der Waals surface area contributed by atoms with Gasteiger partial charge in [0.15, 0.2) is 0 Å². The van der Waals surface area contributed by atoms with Crippen LogP contribution in [0.3, 0.4) is 0 Å². The Balaban J connectivity index is 1.58. The molecule has 0 bridgehead atoms. The number of rotatable bonds is 3. The van der Waals surface area contributed by atoms with Crippen molar-refractivity contribution >= 4 is 22.9 Å². The van der Waals surface area contributed by atoms with E-state index in [0.717, 1.165) is 51.1 Å². The molecule has 1 fully saturated rings. The van der Waals surface area contributed by atoms with E-state index < -0.39 is 6.10 Å². The summed E-state index contributed by atoms with van der Waals surface area (Å²) in [5.41, 5.74) is 5.56. The summed E-state index contributed by atoms with van der Waals surface area (Å²) in [5.74, 6) is 1.05. The predicted molar refractivity (Wildman–Crippen MR) is 112 cm³/mol. The topological polar surface area (TPSA) is 50.4 Å². The van der Waals surface area contributed by atoms with Crippen LogP contribution in [0.2, 0.25) is 0 Å². The molecule has 1 aromatic heterocycles. The number of aliphatic imine (C=N–C) groups is 1. The normalized spacial score (nSPS) is 26.8. The van der Waals surface area contributed by atoms with Gasteiger partial charge in [0, 0.05) is 29.3 Å². The molecule has 1 saturated carbocycles. The predicted octanol–water partition coefficient (Wildman–Crippen LogP) is 4.72. The van der Waals surface area contributed by atoms with Crippen molar-refractivity contribution in [3.8, 4) is 0 Å². The van der Waals surface area contributed by atoms with E-state index in [9.17, 15) is 5.11 Å². The fourth-order valence-electron chi connectivity index (χ4n) is 4.67. The molecule has 1 spiro atoms. The summed E-state index contributed by atoms with van der Waals surface area (Å²) in [4.78, 5) is 9.24. The number of allylic oxidation sites excluding steroid dienone is 4. The highest BCUT2D eigenvalue weighted by Gasteiger charge is 2.64. The van der Waals surface area contributed by atoms with Gasteiger partial charge in [-0.3, -0.25) is 4.99 Å². The van der Waals surface area contributed by atoms with Crippen LogP contribution >= 0.6 is 11.6 Å². The summed E-state index contributed by atoms with van der Waals surface area (Å²) >= 11 is 7.05. The molecule has 28 heavy (non-hydrogen) atoms. The molecule has 1 N–H and O–H groups in total. The molecule has 2 aromatic rings. The quantitative estimate of drug-likeness (QED) is 0.823. The minimum Gasteiger partial charge on any atom is -0.382 e. The third-order valence-corrected chi connectivity index (χ3v) is 6.96. The van der Waals surface area contributed by atoms with Crippen molar-refractivity contribution in [3.05, 3.63) is 82.1 Å². The van der Waals surface area contributed by atoms with Crippen LogP contribution < -0.4 is 0 Å². The Morgan fingerprint density at radius 2 is 1.96 bits per heavy atom. The molecule has 1 aromatic carbocycles. The first-order valence-electron chi connectivity index (χ1n) is 9.55. The van der Waals surface area contributed by atoms with Gasteiger partial charge in [0.2, 0.25) is 0 Å². The summed E-state index contributed by atoms with van der Waals surface area (Å²) < 4.78 is 1.94. The molecule has 2 aliphatic carbocycles. The second-order valence-corrected chi connectivity index (χ2v) is 8.27. The zero-order valence-corrected chi connectivity index (χ0v) is 16.9. The Hall–Kier alpha value is -2.43. The van der Waals surface area contributed by atoms with E-state index in [1.165, 1.54) is 0 Å². The van der Waals surface area contributed by atoms with Gasteiger partial charge in [-0.1, -0.05) is 48.0 Å². The monoisotopic (exact) mass is 391 g/mol. The van der Waals surface area contributed by atoms with Gasteiger partial charge >= 0.3 is 0 Å². The number of aromatic nitrogens is 2. The van der Waals surface area contributed by atoms with Gasteiger partial charge in [-0.25, -0.2) is 4.98 Å². The van der Waals surface area contributed by atoms with E-state index in [-0.39, 0.29) is 11.3 Å². The minimum absolute atomic E-state index is 0.167. The highest BCUT2D eigenvalue weighted by Crippen LogP contribution is 2.71. The fraction of sp³-hybridized carbons (Fsp3) is 0.304. The number of benzene rings is 1. The van der Waals surface area contributed by atoms with Crippen LogP contribution in [0.5, 0.6) is 0 Å². The minimum atomic E-state index is -0.690. The summed E-state index contributed by atoms with van der Waals surface area (Å²) in [7, 11) is 1.93. The second kappa shape index (κ2) is 6.03. The average molecular weight is 392 g/mol. The van der Waals surface area contributed by atoms with Crippen LogP contribution in [0.4, 0.5) is 0 Å². The van der Waals surface area contributed by atoms with E-state index in [4.69, 9.17) is 16.6 Å². The SMILES string of the molecule is CC1=NC2=CC=C(C(O)c3cnc(C)n3C)C3CC23C(Cl)=C1c1ccccc1. The first-order valence-corrected chi connectivity index (χ1v) is 9.93. The standard InChI is InChI=1S/C23H22ClN3O/c1-13-20(15-7-5-4-6-8-15)22(24)23-11-17(23)16(9-10-19(23)26-13)21(28)18-12-25-14(2)27(18)3/h4-10,12,17,21,28H,11H2,1-3H3. The Morgan fingerprint density at radius 3 is 2.64 bits per heavy atom. The van der Waals surface area contributed by atoms with Crippen molar-refractivity contribution in [2.45, 2.75) is 26.4 Å². The number of dihydropyridines is 1. The molecule has 142 valence electrons. The van der Waals surface area contributed by atoms with Gasteiger partial charge in [0.1, 0.15) is 11.9 Å². The number of aryl methyl sites for hydroxylation is 1. The van der Waals surface area contributed by atoms with E-state index >= 15 is 0 Å². The lowest BCUT2D eigenvalue weighted by atomic mass is 9.82. The van der Waals surface area contributed by atoms with Gasteiger partial charge in [-0.05, 0) is 37.5 Å². The van der Waals surface area contributed by atoms with E-state index in [0.29, 0.717) is 0 Å². The number of aliphatic hydroxyl groups is 1. The van der Waals surface area contributed by atoms with E-state index in [1.54, 1.807) is 6.20 Å². The van der Waals surface area contributed by atoms with Gasteiger partial charge < -0.3 is 9.67 Å². The summed E-state index contributed by atoms with van der Waals surface area (Å²) in [6, 6.07) is 10.2. The highest BCUT2D eigenvalue weighted by molar-refractivity contribution is 6.42. The Morgan fingerprint density at radius 1 is 1.21 bits per heavy atom. The van der Waals surface area contributed by atoms with Gasteiger partial charge in [0.05, 0.1) is 23.0 Å². The molecule has 5 rings (SSSR count). The molecule has 3 unspecified atom stereocenters. The van der Waals surface area contributed by atoms with Crippen molar-refractivity contribution in [1.29, 1.82) is 0 Å². The molecule has 3 atom stereocenters. The maximum atomic E-state index is 11.1. The fourth-order valence-corrected chi connectivity index (χ4v) is 5.22. The van der Waals surface area contributed by atoms with Gasteiger partial charge in [-0.15, -0.1) is 0 Å². The van der Waals surface area contributed by atoms with Crippen LogP contribution in [0.1, 0.15) is 36.5 Å². The lowest BCUT2D eigenvalue weighted by Gasteiger charge is -2.30. The van der Waals surface area contributed by atoms with E-state index in [1.807, 2.05) is 55.8 Å². The molecule has 5 heteroatoms. The second-order valence-electron chi connectivity index (χ2n) is 7.89. The summed E-state index contributed by atoms with van der Waals surface area (Å²) in [6.45, 7) is 3.95. The van der Waals surface area contributed by atoms with Gasteiger partial charge in [-0.2, -0.15) is 0 Å². The van der Waals surface area contributed by atoms with Crippen molar-refractivity contribution < 1.29 is 5.11 Å². The first kappa shape index (κ1) is 17.7. The molecular formula is C23H22ClN3O. The van der Waals surface area contributed by atoms with Gasteiger partial charge in [0.25, 0.3) is 0 Å². The van der Waals surface area contributed by atoms with Crippen molar-refractivity contribution in [2.24, 2.45) is 23.4 Å². The Kier molecular flexibility index (Phi) is 3.80. The van der Waals surface area contributed by atoms with Crippen molar-refractivity contribution in [2.75, 3.05) is 0 Å². The third-order valence-electron chi connectivity index (χ3n) is 6.43. The number of halogens is 1. The maximum Gasteiger partial charge on any atom is 0.117 e. The number of hydrogen-bond acceptors (Lipinski definition) is 3. The average Bonchev–Trinajstić information content (AvgIpc) is 3.37. The first-order chi connectivity index (χ1) is 13.4. The largest absolute Gasteiger partial charge is 0.382 e. The van der Waals surface area contributed by atoms with Crippen LogP contribution in [0.15, 0.2) is 70.0 Å². The molecule has 0 radical (unpaired) electrons. The van der Waals surface area contributed by atoms with Crippen LogP contribution in [0.25, 0.3) is 5.57 Å². The van der Waals surface area contributed by atoms with Crippen LogP contribution in [-0.2, 0) is 7.05 Å². The summed E-state index contributed by atoms with van der Waals surface area (Å²) in [6.07, 6.45) is 5.99. The zero-order valence-electron chi connectivity index (χ0n) is 16.1. The maximum absolute atomic E-state index is 11.1. The highest BCUT2D eigenvalue weighted by atomic mass is 35.5. The lowest BCUT2D eigenvalue weighted by molar-refractivity contribution is 0.198. The number of nitrogens with zero attached hydrogens (tertiary/aromatic N) is 3. The smallest absolute Gasteiger partial charge is 0.117 e. The molecule has 0 saturated heterocycles. The van der Waals surface area contributed by atoms with E-state index in [2.05, 4.69) is 17.1 Å². The molecule has 1 aliphatic heterocycles. The zero-order chi connectivity index (χ0) is 19.6. The Bertz CT molecular complexity index is 1110. The van der Waals surface area contributed by atoms with Crippen molar-refractivity contribution in [3.63, 3.8) is 0 Å².